The standard InChI is InChI=1S/C26H34N4O3/c1-20(2)18-30-25(33)29(14-4-6-21-5-3-13-27-17-21)24(32)26(30)11-15-28(16-12-26)19-22-7-9-23(31)10-8-22/h3,5,7-10,13,17,20,31H,4,6,11-12,14-16,18-19H2,1-2H3. The van der Waals surface area contributed by atoms with E-state index < -0.39 is 5.54 Å². The molecular weight excluding hydrogens is 416 g/mol. The number of pyridine rings is 1. The summed E-state index contributed by atoms with van der Waals surface area (Å²) in [5.74, 6) is 0.534. The number of rotatable bonds is 8. The first-order chi connectivity index (χ1) is 15.9. The molecule has 2 aliphatic heterocycles. The number of carbonyl (C=O) groups excluding carboxylic acids is 2. The van der Waals surface area contributed by atoms with Crippen molar-refractivity contribution in [3.05, 3.63) is 59.9 Å². The molecule has 2 aliphatic rings. The molecule has 0 unspecified atom stereocenters. The van der Waals surface area contributed by atoms with Crippen LogP contribution in [0.25, 0.3) is 0 Å². The zero-order valence-electron chi connectivity index (χ0n) is 19.6. The third kappa shape index (κ3) is 5.03. The van der Waals surface area contributed by atoms with Crippen LogP contribution in [0.2, 0.25) is 0 Å². The summed E-state index contributed by atoms with van der Waals surface area (Å²) in [6, 6.07) is 11.1. The van der Waals surface area contributed by atoms with Crippen molar-refractivity contribution in [3.8, 4) is 5.75 Å². The van der Waals surface area contributed by atoms with Gasteiger partial charge in [0.25, 0.3) is 5.91 Å². The minimum Gasteiger partial charge on any atom is -0.508 e. The second kappa shape index (κ2) is 9.91. The van der Waals surface area contributed by atoms with Gasteiger partial charge >= 0.3 is 6.03 Å². The Balaban J connectivity index is 1.43. The molecule has 2 saturated heterocycles. The Labute approximate surface area is 196 Å². The summed E-state index contributed by atoms with van der Waals surface area (Å²) < 4.78 is 0. The number of urea groups is 1. The third-order valence-corrected chi connectivity index (χ3v) is 6.77. The van der Waals surface area contributed by atoms with E-state index in [0.717, 1.165) is 43.6 Å². The topological polar surface area (TPSA) is 77.0 Å². The van der Waals surface area contributed by atoms with Crippen LogP contribution in [-0.4, -0.2) is 68.4 Å². The molecule has 1 aromatic heterocycles. The van der Waals surface area contributed by atoms with E-state index in [9.17, 15) is 14.7 Å². The Hall–Kier alpha value is -2.93. The van der Waals surface area contributed by atoms with Gasteiger partial charge < -0.3 is 10.0 Å². The van der Waals surface area contributed by atoms with Gasteiger partial charge in [-0.3, -0.25) is 19.6 Å². The number of phenols is 1. The number of likely N-dealkylation sites (tertiary alicyclic amines) is 1. The van der Waals surface area contributed by atoms with E-state index >= 15 is 0 Å². The summed E-state index contributed by atoms with van der Waals surface area (Å²) >= 11 is 0. The van der Waals surface area contributed by atoms with Crippen molar-refractivity contribution in [1.29, 1.82) is 0 Å². The van der Waals surface area contributed by atoms with Crippen LogP contribution in [0.4, 0.5) is 4.79 Å². The Morgan fingerprint density at radius 2 is 1.79 bits per heavy atom. The summed E-state index contributed by atoms with van der Waals surface area (Å²) in [7, 11) is 0. The molecule has 7 nitrogen and oxygen atoms in total. The van der Waals surface area contributed by atoms with E-state index in [-0.39, 0.29) is 17.7 Å². The zero-order valence-corrected chi connectivity index (χ0v) is 19.6. The molecule has 0 saturated carbocycles. The van der Waals surface area contributed by atoms with E-state index in [4.69, 9.17) is 0 Å². The van der Waals surface area contributed by atoms with Crippen molar-refractivity contribution >= 4 is 11.9 Å². The lowest BCUT2D eigenvalue weighted by atomic mass is 9.85. The number of hydrogen-bond acceptors (Lipinski definition) is 5. The number of aromatic hydroxyl groups is 1. The first-order valence-corrected chi connectivity index (χ1v) is 11.9. The predicted octanol–water partition coefficient (Wildman–Crippen LogP) is 3.67. The molecule has 7 heteroatoms. The summed E-state index contributed by atoms with van der Waals surface area (Å²) in [6.07, 6.45) is 6.43. The fourth-order valence-corrected chi connectivity index (χ4v) is 5.01. The van der Waals surface area contributed by atoms with E-state index in [2.05, 4.69) is 23.7 Å². The van der Waals surface area contributed by atoms with Gasteiger partial charge in [0, 0.05) is 45.1 Å². The second-order valence-corrected chi connectivity index (χ2v) is 9.68. The number of nitrogens with zero attached hydrogens (tertiary/aromatic N) is 4. The van der Waals surface area contributed by atoms with Gasteiger partial charge in [-0.15, -0.1) is 0 Å². The molecule has 3 heterocycles. The average molecular weight is 451 g/mol. The Kier molecular flexibility index (Phi) is 6.98. The van der Waals surface area contributed by atoms with Gasteiger partial charge in [-0.1, -0.05) is 32.0 Å². The Bertz CT molecular complexity index is 953. The third-order valence-electron chi connectivity index (χ3n) is 6.77. The number of aromatic nitrogens is 1. The van der Waals surface area contributed by atoms with Crippen LogP contribution in [0.15, 0.2) is 48.8 Å². The molecule has 0 bridgehead atoms. The molecule has 3 amide bonds. The highest BCUT2D eigenvalue weighted by molar-refractivity contribution is 6.07. The van der Waals surface area contributed by atoms with Gasteiger partial charge in [0.2, 0.25) is 0 Å². The predicted molar refractivity (Wildman–Crippen MR) is 127 cm³/mol. The maximum atomic E-state index is 13.6. The van der Waals surface area contributed by atoms with Crippen molar-refractivity contribution in [3.63, 3.8) is 0 Å². The van der Waals surface area contributed by atoms with Crippen molar-refractivity contribution < 1.29 is 14.7 Å². The van der Waals surface area contributed by atoms with Crippen LogP contribution < -0.4 is 0 Å². The van der Waals surface area contributed by atoms with E-state index in [1.165, 1.54) is 4.90 Å². The van der Waals surface area contributed by atoms with Crippen LogP contribution in [0, 0.1) is 5.92 Å². The highest BCUT2D eigenvalue weighted by atomic mass is 16.3. The van der Waals surface area contributed by atoms with Crippen LogP contribution in [0.5, 0.6) is 5.75 Å². The minimum absolute atomic E-state index is 0.0244. The molecule has 2 aromatic rings. The fraction of sp³-hybridized carbons (Fsp3) is 0.500. The number of aryl methyl sites for hydroxylation is 1. The largest absolute Gasteiger partial charge is 0.508 e. The molecule has 176 valence electrons. The Morgan fingerprint density at radius 3 is 2.42 bits per heavy atom. The first kappa shape index (κ1) is 23.2. The molecule has 0 radical (unpaired) electrons. The summed E-state index contributed by atoms with van der Waals surface area (Å²) in [5.41, 5.74) is 1.53. The molecule has 0 atom stereocenters. The zero-order chi connectivity index (χ0) is 23.4. The van der Waals surface area contributed by atoms with Crippen molar-refractivity contribution in [1.82, 2.24) is 19.7 Å². The molecule has 0 aliphatic carbocycles. The normalized spacial score (nSPS) is 18.6. The van der Waals surface area contributed by atoms with E-state index in [0.29, 0.717) is 31.8 Å². The highest BCUT2D eigenvalue weighted by Gasteiger charge is 2.57. The molecule has 33 heavy (non-hydrogen) atoms. The van der Waals surface area contributed by atoms with Crippen molar-refractivity contribution in [2.75, 3.05) is 26.2 Å². The minimum atomic E-state index is -0.721. The molecule has 1 N–H and O–H groups in total. The lowest BCUT2D eigenvalue weighted by molar-refractivity contribution is -0.135. The number of carbonyl (C=O) groups is 2. The van der Waals surface area contributed by atoms with Gasteiger partial charge in [-0.05, 0) is 60.9 Å². The second-order valence-electron chi connectivity index (χ2n) is 9.68. The van der Waals surface area contributed by atoms with E-state index in [1.54, 1.807) is 18.3 Å². The smallest absolute Gasteiger partial charge is 0.327 e. The summed E-state index contributed by atoms with van der Waals surface area (Å²) in [6.45, 7) is 7.53. The van der Waals surface area contributed by atoms with Crippen molar-refractivity contribution in [2.24, 2.45) is 5.92 Å². The van der Waals surface area contributed by atoms with Gasteiger partial charge in [0.05, 0.1) is 0 Å². The maximum absolute atomic E-state index is 13.6. The van der Waals surface area contributed by atoms with Crippen LogP contribution in [0.1, 0.15) is 44.2 Å². The van der Waals surface area contributed by atoms with Crippen molar-refractivity contribution in [2.45, 2.75) is 51.6 Å². The Morgan fingerprint density at radius 1 is 1.06 bits per heavy atom. The highest BCUT2D eigenvalue weighted by Crippen LogP contribution is 2.38. The molecule has 1 aromatic carbocycles. The lowest BCUT2D eigenvalue weighted by Gasteiger charge is -2.42. The monoisotopic (exact) mass is 450 g/mol. The number of benzene rings is 1. The molecule has 1 spiro atoms. The molecule has 4 rings (SSSR count). The number of phenolic OH excluding ortho intramolecular Hbond substituents is 1. The number of imide groups is 1. The lowest BCUT2D eigenvalue weighted by Crippen LogP contribution is -2.57. The van der Waals surface area contributed by atoms with Gasteiger partial charge in [-0.25, -0.2) is 4.79 Å². The number of hydrogen-bond donors (Lipinski definition) is 1. The SMILES string of the molecule is CC(C)CN1C(=O)N(CCCc2cccnc2)C(=O)C12CCN(Cc1ccc(O)cc1)CC2. The average Bonchev–Trinajstić information content (AvgIpc) is 2.99. The maximum Gasteiger partial charge on any atom is 0.327 e. The quantitative estimate of drug-likeness (QED) is 0.621. The van der Waals surface area contributed by atoms with Gasteiger partial charge in [-0.2, -0.15) is 0 Å². The van der Waals surface area contributed by atoms with Crippen LogP contribution in [0.3, 0.4) is 0 Å². The molecular formula is C26H34N4O3. The van der Waals surface area contributed by atoms with Gasteiger partial charge in [0.15, 0.2) is 0 Å². The fourth-order valence-electron chi connectivity index (χ4n) is 5.01. The summed E-state index contributed by atoms with van der Waals surface area (Å²) in [4.78, 5) is 36.8. The number of piperidine rings is 1. The van der Waals surface area contributed by atoms with Crippen LogP contribution in [-0.2, 0) is 17.8 Å². The van der Waals surface area contributed by atoms with Crippen LogP contribution >= 0.6 is 0 Å². The first-order valence-electron chi connectivity index (χ1n) is 11.9. The number of amides is 3. The van der Waals surface area contributed by atoms with E-state index in [1.807, 2.05) is 35.4 Å². The van der Waals surface area contributed by atoms with Gasteiger partial charge in [0.1, 0.15) is 11.3 Å². The molecule has 2 fully saturated rings. The summed E-state index contributed by atoms with van der Waals surface area (Å²) in [5, 5.41) is 9.51.